The van der Waals surface area contributed by atoms with Crippen LogP contribution in [0.5, 0.6) is 0 Å². The number of carbonyl (C=O) groups is 2. The molecule has 1 aliphatic carbocycles. The molecule has 8 nitrogen and oxygen atoms in total. The largest absolute Gasteiger partial charge is 0.300 e. The van der Waals surface area contributed by atoms with Gasteiger partial charge in [0.15, 0.2) is 0 Å². The van der Waals surface area contributed by atoms with Crippen molar-refractivity contribution in [1.82, 2.24) is 20.4 Å². The van der Waals surface area contributed by atoms with E-state index in [9.17, 15) is 9.59 Å². The number of nitrogens with one attached hydrogen (secondary N) is 2. The van der Waals surface area contributed by atoms with Gasteiger partial charge in [-0.2, -0.15) is 0 Å². The summed E-state index contributed by atoms with van der Waals surface area (Å²) < 4.78 is 0. The predicted octanol–water partition coefficient (Wildman–Crippen LogP) is 5.32. The summed E-state index contributed by atoms with van der Waals surface area (Å²) in [4.78, 5) is 26.6. The van der Waals surface area contributed by atoms with Gasteiger partial charge in [-0.3, -0.25) is 9.59 Å². The first-order chi connectivity index (χ1) is 16.6. The molecule has 0 aliphatic heterocycles. The van der Waals surface area contributed by atoms with E-state index in [1.165, 1.54) is 22.7 Å². The first-order valence-corrected chi connectivity index (χ1v) is 14.3. The van der Waals surface area contributed by atoms with Gasteiger partial charge in [0.2, 0.25) is 22.1 Å². The molecule has 1 fully saturated rings. The zero-order valence-corrected chi connectivity index (χ0v) is 21.4. The number of amides is 2. The Kier molecular flexibility index (Phi) is 7.38. The summed E-state index contributed by atoms with van der Waals surface area (Å²) >= 11 is 6.04. The monoisotopic (exact) mass is 530 g/mol. The molecule has 4 aromatic rings. The highest BCUT2D eigenvalue weighted by molar-refractivity contribution is 7.16. The molecule has 0 unspecified atom stereocenters. The minimum atomic E-state index is -0.0748. The standard InChI is InChI=1S/C22H22N6O2S4/c29-17(11-15-6-2-8-31-15)23-21-27-25-19(33-21)13-4-1-5-14(10-13)20-26-28-22(34-20)24-18(30)12-16-7-3-9-32-16/h2-3,6-9,13-14H,1,4-5,10-12H2,(H,23,27,29)(H,24,28,30)/t13-,14-/m1/s1. The maximum atomic E-state index is 12.3. The fourth-order valence-corrected chi connectivity index (χ4v) is 7.23. The van der Waals surface area contributed by atoms with Crippen molar-refractivity contribution in [2.75, 3.05) is 10.6 Å². The van der Waals surface area contributed by atoms with Crippen molar-refractivity contribution in [3.63, 3.8) is 0 Å². The van der Waals surface area contributed by atoms with Gasteiger partial charge in [0.05, 0.1) is 12.8 Å². The first-order valence-electron chi connectivity index (χ1n) is 10.9. The molecule has 2 atom stereocenters. The van der Waals surface area contributed by atoms with Crippen LogP contribution in [0.3, 0.4) is 0 Å². The molecule has 2 amide bonds. The van der Waals surface area contributed by atoms with Gasteiger partial charge in [0, 0.05) is 21.6 Å². The maximum Gasteiger partial charge on any atom is 0.231 e. The molecule has 0 aromatic carbocycles. The van der Waals surface area contributed by atoms with E-state index in [4.69, 9.17) is 0 Å². The summed E-state index contributed by atoms with van der Waals surface area (Å²) in [5, 5.41) is 29.8. The second-order valence-corrected chi connectivity index (χ2v) is 12.1. The van der Waals surface area contributed by atoms with Crippen molar-refractivity contribution in [3.05, 3.63) is 54.8 Å². The van der Waals surface area contributed by atoms with Crippen molar-refractivity contribution in [3.8, 4) is 0 Å². The third-order valence-corrected chi connectivity index (χ3v) is 9.33. The minimum absolute atomic E-state index is 0.0748. The fraction of sp³-hybridized carbons (Fsp3) is 0.364. The summed E-state index contributed by atoms with van der Waals surface area (Å²) in [6.07, 6.45) is 4.75. The molecule has 4 heterocycles. The van der Waals surface area contributed by atoms with E-state index in [1.54, 1.807) is 22.7 Å². The van der Waals surface area contributed by atoms with E-state index in [2.05, 4.69) is 31.0 Å². The molecule has 5 rings (SSSR count). The number of anilines is 2. The second kappa shape index (κ2) is 10.8. The molecule has 0 bridgehead atoms. The van der Waals surface area contributed by atoms with Gasteiger partial charge in [-0.05, 0) is 42.2 Å². The number of aromatic nitrogens is 4. The van der Waals surface area contributed by atoms with Gasteiger partial charge in [-0.25, -0.2) is 0 Å². The quantitative estimate of drug-likeness (QED) is 0.319. The third-order valence-electron chi connectivity index (χ3n) is 5.58. The van der Waals surface area contributed by atoms with Gasteiger partial charge in [-0.1, -0.05) is 41.2 Å². The first kappa shape index (κ1) is 23.2. The predicted molar refractivity (Wildman–Crippen MR) is 137 cm³/mol. The van der Waals surface area contributed by atoms with E-state index < -0.39 is 0 Å². The zero-order chi connectivity index (χ0) is 23.3. The van der Waals surface area contributed by atoms with E-state index in [0.717, 1.165) is 45.5 Å². The molecule has 1 saturated carbocycles. The van der Waals surface area contributed by atoms with Crippen LogP contribution < -0.4 is 10.6 Å². The van der Waals surface area contributed by atoms with Crippen LogP contribution in [0.15, 0.2) is 35.0 Å². The SMILES string of the molecule is O=C(Cc1cccs1)Nc1nnc([C@@H]2CCC[C@@H](c3nnc(NC(=O)Cc4cccs4)s3)C2)s1. The average molecular weight is 531 g/mol. The lowest BCUT2D eigenvalue weighted by Gasteiger charge is -2.25. The highest BCUT2D eigenvalue weighted by Gasteiger charge is 2.29. The molecule has 0 spiro atoms. The Hall–Kier alpha value is -2.54. The van der Waals surface area contributed by atoms with Crippen molar-refractivity contribution in [2.24, 2.45) is 0 Å². The number of thiophene rings is 2. The second-order valence-electron chi connectivity index (χ2n) is 8.06. The summed E-state index contributed by atoms with van der Waals surface area (Å²) in [5.74, 6) is 0.406. The number of hydrogen-bond acceptors (Lipinski definition) is 10. The van der Waals surface area contributed by atoms with Gasteiger partial charge < -0.3 is 10.6 Å². The Labute approximate surface area is 212 Å². The molecule has 0 radical (unpaired) electrons. The molecule has 2 N–H and O–H groups in total. The summed E-state index contributed by atoms with van der Waals surface area (Å²) in [5.41, 5.74) is 0. The molecule has 4 aromatic heterocycles. The normalized spacial score (nSPS) is 18.0. The van der Waals surface area contributed by atoms with Gasteiger partial charge in [0.25, 0.3) is 0 Å². The van der Waals surface area contributed by atoms with Crippen LogP contribution in [0.2, 0.25) is 0 Å². The third kappa shape index (κ3) is 5.93. The molecule has 176 valence electrons. The average Bonchev–Trinajstić information content (AvgIpc) is 3.63. The van der Waals surface area contributed by atoms with Gasteiger partial charge in [-0.15, -0.1) is 43.1 Å². The fourth-order valence-electron chi connectivity index (χ4n) is 4.01. The molecule has 0 saturated heterocycles. The Bertz CT molecular complexity index is 1140. The van der Waals surface area contributed by atoms with E-state index in [0.29, 0.717) is 23.1 Å². The highest BCUT2D eigenvalue weighted by atomic mass is 32.1. The van der Waals surface area contributed by atoms with Crippen LogP contribution in [0.25, 0.3) is 0 Å². The van der Waals surface area contributed by atoms with Gasteiger partial charge in [0.1, 0.15) is 10.0 Å². The number of carbonyl (C=O) groups excluding carboxylic acids is 2. The lowest BCUT2D eigenvalue weighted by atomic mass is 9.82. The molecule has 1 aliphatic rings. The Morgan fingerprint density at radius 3 is 1.74 bits per heavy atom. The zero-order valence-electron chi connectivity index (χ0n) is 18.1. The van der Waals surface area contributed by atoms with E-state index in [1.807, 2.05) is 35.0 Å². The van der Waals surface area contributed by atoms with Crippen molar-refractivity contribution in [2.45, 2.75) is 50.4 Å². The molecular weight excluding hydrogens is 509 g/mol. The van der Waals surface area contributed by atoms with E-state index in [-0.39, 0.29) is 23.7 Å². The van der Waals surface area contributed by atoms with Crippen LogP contribution >= 0.6 is 45.3 Å². The maximum absolute atomic E-state index is 12.3. The van der Waals surface area contributed by atoms with Crippen LogP contribution in [-0.2, 0) is 22.4 Å². The van der Waals surface area contributed by atoms with Crippen molar-refractivity contribution in [1.29, 1.82) is 0 Å². The van der Waals surface area contributed by atoms with Crippen LogP contribution in [0.1, 0.15) is 57.3 Å². The smallest absolute Gasteiger partial charge is 0.231 e. The number of hydrogen-bond donors (Lipinski definition) is 2. The molecular formula is C22H22N6O2S4. The van der Waals surface area contributed by atoms with Crippen LogP contribution in [0.4, 0.5) is 10.3 Å². The number of rotatable bonds is 8. The Balaban J connectivity index is 1.16. The summed E-state index contributed by atoms with van der Waals surface area (Å²) in [7, 11) is 0. The van der Waals surface area contributed by atoms with Crippen molar-refractivity contribution >= 4 is 67.4 Å². The van der Waals surface area contributed by atoms with Crippen molar-refractivity contribution < 1.29 is 9.59 Å². The lowest BCUT2D eigenvalue weighted by molar-refractivity contribution is -0.116. The number of nitrogens with zero attached hydrogens (tertiary/aromatic N) is 4. The van der Waals surface area contributed by atoms with Gasteiger partial charge >= 0.3 is 0 Å². The lowest BCUT2D eigenvalue weighted by Crippen LogP contribution is -2.13. The summed E-state index contributed by atoms with van der Waals surface area (Å²) in [6, 6.07) is 7.78. The summed E-state index contributed by atoms with van der Waals surface area (Å²) in [6.45, 7) is 0. The minimum Gasteiger partial charge on any atom is -0.300 e. The molecule has 12 heteroatoms. The Morgan fingerprint density at radius 1 is 0.794 bits per heavy atom. The van der Waals surface area contributed by atoms with Crippen LogP contribution in [0, 0.1) is 0 Å². The molecule has 34 heavy (non-hydrogen) atoms. The highest BCUT2D eigenvalue weighted by Crippen LogP contribution is 2.43. The Morgan fingerprint density at radius 2 is 1.29 bits per heavy atom. The van der Waals surface area contributed by atoms with Crippen LogP contribution in [-0.4, -0.2) is 32.2 Å². The van der Waals surface area contributed by atoms with E-state index >= 15 is 0 Å². The topological polar surface area (TPSA) is 110 Å².